The molecule has 0 saturated carbocycles. The number of hydrogen-bond acceptors (Lipinski definition) is 6. The molecular formula is H6CuN2O9-2. The van der Waals surface area contributed by atoms with E-state index in [1.807, 2.05) is 0 Å². The van der Waals surface area contributed by atoms with Crippen LogP contribution in [0.4, 0.5) is 0 Å². The van der Waals surface area contributed by atoms with Crippen molar-refractivity contribution in [3.63, 3.8) is 0 Å². The fourth-order valence-corrected chi connectivity index (χ4v) is 0. The van der Waals surface area contributed by atoms with Gasteiger partial charge in [-0.25, -0.2) is 0 Å². The largest absolute Gasteiger partial charge is 0.412 e. The zero-order chi connectivity index (χ0) is 7.15. The van der Waals surface area contributed by atoms with Crippen LogP contribution < -0.4 is 0 Å². The molecule has 0 aliphatic carbocycles. The molecule has 0 aliphatic heterocycles. The summed E-state index contributed by atoms with van der Waals surface area (Å²) in [5.74, 6) is 0. The summed E-state index contributed by atoms with van der Waals surface area (Å²) >= 11 is 0. The van der Waals surface area contributed by atoms with Crippen LogP contribution in [0.25, 0.3) is 0 Å². The Hall–Kier alpha value is -1.20. The molecule has 0 unspecified atom stereocenters. The second-order valence-electron chi connectivity index (χ2n) is 0.447. The molecule has 83 valence electrons. The summed E-state index contributed by atoms with van der Waals surface area (Å²) in [4.78, 5) is 16.5. The SMILES string of the molecule is O.O.O.O=[N+]([O-])[O-].O=[N+]([O-])[O-].[Cu]. The molecule has 0 aromatic rings. The maximum atomic E-state index is 8.25. The minimum absolute atomic E-state index is 0. The molecule has 0 aliphatic rings. The molecule has 0 fully saturated rings. The summed E-state index contributed by atoms with van der Waals surface area (Å²) in [6.07, 6.45) is 0. The zero-order valence-electron chi connectivity index (χ0n) is 5.15. The molecule has 0 rings (SSSR count). The molecule has 0 bridgehead atoms. The molecule has 0 amide bonds. The van der Waals surface area contributed by atoms with Crippen LogP contribution in [0.2, 0.25) is 0 Å². The first-order valence-electron chi connectivity index (χ1n) is 1.10. The Morgan fingerprint density at radius 1 is 0.667 bits per heavy atom. The van der Waals surface area contributed by atoms with Crippen LogP contribution >= 0.6 is 0 Å². The number of rotatable bonds is 0. The quantitative estimate of drug-likeness (QED) is 0.244. The van der Waals surface area contributed by atoms with Crippen LogP contribution in [0.15, 0.2) is 0 Å². The Balaban J connectivity index is -0.0000000112. The van der Waals surface area contributed by atoms with E-state index >= 15 is 0 Å². The maximum Gasteiger partial charge on any atom is 0.0689 e. The van der Waals surface area contributed by atoms with Crippen LogP contribution in [0.3, 0.4) is 0 Å². The second kappa shape index (κ2) is 32.9. The molecule has 0 aromatic carbocycles. The van der Waals surface area contributed by atoms with Crippen LogP contribution in [-0.2, 0) is 17.1 Å². The minimum atomic E-state index is -1.75. The van der Waals surface area contributed by atoms with Crippen LogP contribution in [0, 0.1) is 30.6 Å². The van der Waals surface area contributed by atoms with Gasteiger partial charge in [-0.15, -0.1) is 0 Å². The molecule has 11 nitrogen and oxygen atoms in total. The molecule has 0 saturated heterocycles. The summed E-state index contributed by atoms with van der Waals surface area (Å²) in [5.41, 5.74) is 0. The van der Waals surface area contributed by atoms with Gasteiger partial charge in [0.25, 0.3) is 0 Å². The number of hydrogen-bond donors (Lipinski definition) is 0. The zero-order valence-corrected chi connectivity index (χ0v) is 6.09. The van der Waals surface area contributed by atoms with Crippen molar-refractivity contribution >= 4 is 0 Å². The monoisotopic (exact) mass is 241 g/mol. The van der Waals surface area contributed by atoms with Crippen LogP contribution in [0.5, 0.6) is 0 Å². The third-order valence-corrected chi connectivity index (χ3v) is 0. The van der Waals surface area contributed by atoms with Gasteiger partial charge in [0.2, 0.25) is 0 Å². The molecule has 12 heteroatoms. The summed E-state index contributed by atoms with van der Waals surface area (Å²) < 4.78 is 0. The molecule has 0 heterocycles. The average molecular weight is 242 g/mol. The van der Waals surface area contributed by atoms with E-state index < -0.39 is 10.2 Å². The van der Waals surface area contributed by atoms with E-state index in [9.17, 15) is 0 Å². The number of nitrogens with zero attached hydrogens (tertiary/aromatic N) is 2. The fourth-order valence-electron chi connectivity index (χ4n) is 0. The van der Waals surface area contributed by atoms with Gasteiger partial charge in [0.1, 0.15) is 0 Å². The summed E-state index contributed by atoms with van der Waals surface area (Å²) in [5, 5.41) is 29.5. The van der Waals surface area contributed by atoms with E-state index in [0.29, 0.717) is 0 Å². The van der Waals surface area contributed by atoms with E-state index in [1.165, 1.54) is 0 Å². The Bertz CT molecular complexity index is 70.5. The fraction of sp³-hybridized carbons (Fsp3) is 0. The van der Waals surface area contributed by atoms with Gasteiger partial charge in [0.05, 0.1) is 10.2 Å². The Morgan fingerprint density at radius 3 is 0.667 bits per heavy atom. The van der Waals surface area contributed by atoms with E-state index in [0.717, 1.165) is 0 Å². The maximum absolute atomic E-state index is 8.25. The molecule has 6 N–H and O–H groups in total. The molecule has 12 heavy (non-hydrogen) atoms. The van der Waals surface area contributed by atoms with Crippen LogP contribution in [0.1, 0.15) is 0 Å². The van der Waals surface area contributed by atoms with Crippen molar-refractivity contribution in [2.75, 3.05) is 0 Å². The van der Waals surface area contributed by atoms with Crippen LogP contribution in [-0.4, -0.2) is 26.6 Å². The molecule has 0 aromatic heterocycles. The standard InChI is InChI=1S/Cu.2NO3.3H2O/c;2*2-1(3)4;;;/h;;;3*1H2/q;2*-1;;;. The third kappa shape index (κ3) is 371. The third-order valence-electron chi connectivity index (χ3n) is 0. The Morgan fingerprint density at radius 2 is 0.667 bits per heavy atom. The smallest absolute Gasteiger partial charge is 0.0689 e. The molecule has 0 atom stereocenters. The van der Waals surface area contributed by atoms with Gasteiger partial charge in [-0.1, -0.05) is 0 Å². The summed E-state index contributed by atoms with van der Waals surface area (Å²) in [7, 11) is 0. The first-order valence-corrected chi connectivity index (χ1v) is 1.10. The van der Waals surface area contributed by atoms with Crippen molar-refractivity contribution in [2.24, 2.45) is 0 Å². The predicted octanol–water partition coefficient (Wildman–Crippen LogP) is -2.95. The summed E-state index contributed by atoms with van der Waals surface area (Å²) in [6.45, 7) is 0. The normalized spacial score (nSPS) is 4.00. The van der Waals surface area contributed by atoms with Crippen molar-refractivity contribution in [1.82, 2.24) is 0 Å². The van der Waals surface area contributed by atoms with Crippen molar-refractivity contribution < 1.29 is 43.7 Å². The second-order valence-corrected chi connectivity index (χ2v) is 0.447. The van der Waals surface area contributed by atoms with Gasteiger partial charge in [-0.05, 0) is 0 Å². The Labute approximate surface area is 75.2 Å². The predicted molar refractivity (Wildman–Crippen MR) is 31.6 cm³/mol. The van der Waals surface area contributed by atoms with Gasteiger partial charge < -0.3 is 47.1 Å². The van der Waals surface area contributed by atoms with Gasteiger partial charge >= 0.3 is 0 Å². The van der Waals surface area contributed by atoms with Crippen molar-refractivity contribution in [3.05, 3.63) is 30.6 Å². The first-order chi connectivity index (χ1) is 3.46. The van der Waals surface area contributed by atoms with Gasteiger partial charge in [0.15, 0.2) is 0 Å². The van der Waals surface area contributed by atoms with Crippen molar-refractivity contribution in [1.29, 1.82) is 0 Å². The van der Waals surface area contributed by atoms with E-state index in [-0.39, 0.29) is 33.5 Å². The molecule has 0 spiro atoms. The van der Waals surface area contributed by atoms with E-state index in [1.54, 1.807) is 0 Å². The van der Waals surface area contributed by atoms with Crippen molar-refractivity contribution in [3.8, 4) is 0 Å². The van der Waals surface area contributed by atoms with E-state index in [4.69, 9.17) is 30.6 Å². The first kappa shape index (κ1) is 45.0. The van der Waals surface area contributed by atoms with Gasteiger partial charge in [-0.3, -0.25) is 0 Å². The molecular weight excluding hydrogens is 236 g/mol. The molecule has 1 radical (unpaired) electrons. The summed E-state index contributed by atoms with van der Waals surface area (Å²) in [6, 6.07) is 0. The van der Waals surface area contributed by atoms with Crippen molar-refractivity contribution in [2.45, 2.75) is 0 Å². The topological polar surface area (TPSA) is 227 Å². The van der Waals surface area contributed by atoms with Gasteiger partial charge in [-0.2, -0.15) is 0 Å². The average Bonchev–Trinajstić information content (AvgIpc) is 1.25. The Kier molecular flexibility index (Phi) is 124. The minimum Gasteiger partial charge on any atom is -0.412 e. The van der Waals surface area contributed by atoms with Gasteiger partial charge in [0, 0.05) is 17.1 Å². The van der Waals surface area contributed by atoms with E-state index in [2.05, 4.69) is 0 Å².